The summed E-state index contributed by atoms with van der Waals surface area (Å²) in [7, 11) is 0. The van der Waals surface area contributed by atoms with Crippen LogP contribution < -0.4 is 0 Å². The van der Waals surface area contributed by atoms with E-state index in [4.69, 9.17) is 21.0 Å². The highest BCUT2D eigenvalue weighted by Gasteiger charge is 2.30. The summed E-state index contributed by atoms with van der Waals surface area (Å²) in [6.07, 6.45) is 2.11. The van der Waals surface area contributed by atoms with E-state index in [9.17, 15) is 0 Å². The Morgan fingerprint density at radius 2 is 2.40 bits per heavy atom. The van der Waals surface area contributed by atoms with E-state index in [1.807, 2.05) is 6.92 Å². The van der Waals surface area contributed by atoms with Crippen LogP contribution in [0.2, 0.25) is 0 Å². The Labute approximate surface area is 133 Å². The minimum Gasteiger partial charge on any atom is -0.328 e. The van der Waals surface area contributed by atoms with Gasteiger partial charge in [-0.15, -0.1) is 0 Å². The molecule has 9 heteroatoms. The van der Waals surface area contributed by atoms with Crippen molar-refractivity contribution in [2.24, 2.45) is 10.1 Å². The van der Waals surface area contributed by atoms with E-state index in [2.05, 4.69) is 22.0 Å². The van der Waals surface area contributed by atoms with Gasteiger partial charge in [0.25, 0.3) is 0 Å². The molecule has 0 aromatic heterocycles. The quantitative estimate of drug-likeness (QED) is 0.515. The van der Waals surface area contributed by atoms with Gasteiger partial charge in [0.15, 0.2) is 11.0 Å². The van der Waals surface area contributed by atoms with E-state index in [0.29, 0.717) is 6.61 Å². The molecule has 2 aliphatic rings. The maximum atomic E-state index is 5.65. The van der Waals surface area contributed by atoms with Crippen molar-refractivity contribution in [1.29, 1.82) is 0 Å². The molecule has 0 spiro atoms. The normalized spacial score (nSPS) is 23.4. The molecule has 0 bridgehead atoms. The zero-order chi connectivity index (χ0) is 14.4. The molecule has 0 saturated carbocycles. The summed E-state index contributed by atoms with van der Waals surface area (Å²) in [6.45, 7) is 6.49. The monoisotopic (exact) mass is 353 g/mol. The Hall–Kier alpha value is 0.250. The molecule has 0 aromatic rings. The second-order valence-electron chi connectivity index (χ2n) is 4.25. The smallest absolute Gasteiger partial charge is 0.322 e. The molecule has 1 unspecified atom stereocenters. The summed E-state index contributed by atoms with van der Waals surface area (Å²) in [4.78, 5) is 6.62. The van der Waals surface area contributed by atoms with Crippen molar-refractivity contribution in [3.05, 3.63) is 0 Å². The van der Waals surface area contributed by atoms with Crippen molar-refractivity contribution in [1.82, 2.24) is 4.90 Å². The van der Waals surface area contributed by atoms with Gasteiger partial charge in [0.05, 0.1) is 12.4 Å². The van der Waals surface area contributed by atoms with E-state index >= 15 is 0 Å². The fourth-order valence-corrected chi connectivity index (χ4v) is 6.95. The minimum atomic E-state index is -2.35. The zero-order valence-electron chi connectivity index (χ0n) is 11.8. The van der Waals surface area contributed by atoms with Crippen LogP contribution in [0.3, 0.4) is 0 Å². The number of aliphatic imine (C=N–C) groups is 1. The van der Waals surface area contributed by atoms with Gasteiger partial charge in [-0.05, 0) is 31.6 Å². The van der Waals surface area contributed by atoms with E-state index in [-0.39, 0.29) is 0 Å². The van der Waals surface area contributed by atoms with Crippen LogP contribution in [-0.2, 0) is 21.0 Å². The molecule has 0 aliphatic carbocycles. The van der Waals surface area contributed by atoms with Crippen LogP contribution in [0.15, 0.2) is 10.1 Å². The van der Waals surface area contributed by atoms with Crippen molar-refractivity contribution in [2.75, 3.05) is 31.2 Å². The van der Waals surface area contributed by atoms with Crippen LogP contribution in [0.25, 0.3) is 0 Å². The lowest BCUT2D eigenvalue weighted by Gasteiger charge is -2.22. The number of fused-ring (bicyclic) bond motifs is 1. The molecule has 0 radical (unpaired) electrons. The summed E-state index contributed by atoms with van der Waals surface area (Å²) < 4.78 is 11.3. The first-order valence-electron chi connectivity index (χ1n) is 6.78. The molecule has 2 rings (SSSR count). The fourth-order valence-electron chi connectivity index (χ4n) is 1.77. The van der Waals surface area contributed by atoms with Crippen LogP contribution in [0.4, 0.5) is 0 Å². The molecular weight excluding hydrogens is 333 g/mol. The third kappa shape index (κ3) is 4.37. The predicted molar refractivity (Wildman–Crippen MR) is 93.3 cm³/mol. The van der Waals surface area contributed by atoms with Crippen LogP contribution in [0.1, 0.15) is 26.7 Å². The zero-order valence-corrected chi connectivity index (χ0v) is 15.1. The van der Waals surface area contributed by atoms with Crippen molar-refractivity contribution in [3.8, 4) is 0 Å². The Morgan fingerprint density at radius 3 is 3.15 bits per heavy atom. The topological polar surface area (TPSA) is 46.4 Å². The summed E-state index contributed by atoms with van der Waals surface area (Å²) >= 11 is 8.81. The average Bonchev–Trinajstić information content (AvgIpc) is 2.87. The lowest BCUT2D eigenvalue weighted by molar-refractivity contribution is 0.276. The third-order valence-electron chi connectivity index (χ3n) is 2.65. The van der Waals surface area contributed by atoms with E-state index in [1.54, 1.807) is 23.1 Å². The van der Waals surface area contributed by atoms with Crippen LogP contribution in [0.5, 0.6) is 0 Å². The van der Waals surface area contributed by atoms with E-state index in [0.717, 1.165) is 48.4 Å². The summed E-state index contributed by atoms with van der Waals surface area (Å²) in [5.74, 6) is 2.66. The Bertz CT molecular complexity index is 445. The molecule has 114 valence electrons. The summed E-state index contributed by atoms with van der Waals surface area (Å²) in [5.41, 5.74) is -2.35. The molecule has 20 heavy (non-hydrogen) atoms. The summed E-state index contributed by atoms with van der Waals surface area (Å²) in [5, 5.41) is 5.35. The molecular formula is C11H20N3O2PS3. The highest BCUT2D eigenvalue weighted by Crippen LogP contribution is 2.61. The Balaban J connectivity index is 2.00. The molecule has 0 N–H and O–H groups in total. The molecule has 2 heterocycles. The van der Waals surface area contributed by atoms with Crippen molar-refractivity contribution in [3.63, 3.8) is 0 Å². The minimum absolute atomic E-state index is 0.560. The maximum absolute atomic E-state index is 5.65. The van der Waals surface area contributed by atoms with Gasteiger partial charge in [-0.2, -0.15) is 0 Å². The second kappa shape index (κ2) is 8.03. The van der Waals surface area contributed by atoms with Gasteiger partial charge in [-0.1, -0.05) is 35.2 Å². The number of rotatable bonds is 7. The Morgan fingerprint density at radius 1 is 1.55 bits per heavy atom. The van der Waals surface area contributed by atoms with E-state index in [1.165, 1.54) is 0 Å². The molecule has 0 amide bonds. The van der Waals surface area contributed by atoms with Gasteiger partial charge in [-0.3, -0.25) is 4.99 Å². The average molecular weight is 353 g/mol. The number of nitrogens with zero attached hydrogens (tertiary/aromatic N) is 3. The van der Waals surface area contributed by atoms with Crippen LogP contribution >= 0.6 is 28.8 Å². The maximum Gasteiger partial charge on any atom is 0.322 e. The van der Waals surface area contributed by atoms with E-state index < -0.39 is 5.69 Å². The second-order valence-corrected chi connectivity index (χ2v) is 11.5. The van der Waals surface area contributed by atoms with Crippen molar-refractivity contribution < 1.29 is 9.15 Å². The number of hydrogen-bond acceptors (Lipinski definition) is 7. The van der Waals surface area contributed by atoms with Crippen LogP contribution in [-0.4, -0.2) is 47.1 Å². The van der Waals surface area contributed by atoms with Gasteiger partial charge in [0.2, 0.25) is 0 Å². The molecule has 1 fully saturated rings. The van der Waals surface area contributed by atoms with Gasteiger partial charge in [-0.25, -0.2) is 0 Å². The SMILES string of the molecule is CCCSP(=S)(OCC)ON=C1CSC2=NCCCN12. The highest BCUT2D eigenvalue weighted by molar-refractivity contribution is 8.67. The fraction of sp³-hybridized carbons (Fsp3) is 0.818. The first-order chi connectivity index (χ1) is 9.68. The van der Waals surface area contributed by atoms with Crippen LogP contribution in [0, 0.1) is 0 Å². The van der Waals surface area contributed by atoms with Gasteiger partial charge < -0.3 is 14.0 Å². The van der Waals surface area contributed by atoms with Crippen molar-refractivity contribution >= 4 is 51.6 Å². The predicted octanol–water partition coefficient (Wildman–Crippen LogP) is 3.53. The lowest BCUT2D eigenvalue weighted by Crippen LogP contribution is -2.34. The number of oxime groups is 1. The standard InChI is InChI=1S/C11H20N3O2PS3/c1-3-8-20-17(18,15-4-2)16-13-10-9-19-11-12-6-5-7-14(10)11/h3-9H2,1-2H3. The summed E-state index contributed by atoms with van der Waals surface area (Å²) in [6, 6.07) is 0. The molecule has 5 nitrogen and oxygen atoms in total. The van der Waals surface area contributed by atoms with Gasteiger partial charge in [0, 0.05) is 18.8 Å². The highest BCUT2D eigenvalue weighted by atomic mass is 32.9. The third-order valence-corrected chi connectivity index (χ3v) is 8.90. The number of amidine groups is 2. The first-order valence-corrected chi connectivity index (χ1v) is 12.0. The van der Waals surface area contributed by atoms with Crippen molar-refractivity contribution in [2.45, 2.75) is 26.7 Å². The van der Waals surface area contributed by atoms with Gasteiger partial charge in [0.1, 0.15) is 0 Å². The van der Waals surface area contributed by atoms with Gasteiger partial charge >= 0.3 is 5.69 Å². The molecule has 0 aromatic carbocycles. The Kier molecular flexibility index (Phi) is 6.68. The molecule has 1 saturated heterocycles. The lowest BCUT2D eigenvalue weighted by atomic mass is 10.3. The largest absolute Gasteiger partial charge is 0.328 e. The number of hydrogen-bond donors (Lipinski definition) is 0. The first kappa shape index (κ1) is 16.6. The molecule has 2 aliphatic heterocycles. The number of thioether (sulfide) groups is 1. The molecule has 1 atom stereocenters.